The molecule has 0 unspecified atom stereocenters. The lowest BCUT2D eigenvalue weighted by atomic mass is 10.1. The second kappa shape index (κ2) is 8.90. The third-order valence-corrected chi connectivity index (χ3v) is 7.62. The van der Waals surface area contributed by atoms with Crippen LogP contribution in [0.15, 0.2) is 35.4 Å². The number of nitrogens with zero attached hydrogens (tertiary/aromatic N) is 5. The van der Waals surface area contributed by atoms with Gasteiger partial charge in [-0.2, -0.15) is 0 Å². The Balaban J connectivity index is 1.41. The van der Waals surface area contributed by atoms with Gasteiger partial charge in [0.15, 0.2) is 16.6 Å². The van der Waals surface area contributed by atoms with Crippen molar-refractivity contribution in [3.8, 4) is 16.5 Å². The summed E-state index contributed by atoms with van der Waals surface area (Å²) < 4.78 is 28.0. The fraction of sp³-hybridized carbons (Fsp3) is 0.318. The van der Waals surface area contributed by atoms with Gasteiger partial charge in [0.1, 0.15) is 10.7 Å². The number of piperazine rings is 1. The zero-order valence-corrected chi connectivity index (χ0v) is 19.4. The first kappa shape index (κ1) is 22.1. The Morgan fingerprint density at radius 1 is 1.09 bits per heavy atom. The molecule has 0 amide bonds. The predicted molar refractivity (Wildman–Crippen MR) is 124 cm³/mol. The van der Waals surface area contributed by atoms with E-state index in [0.717, 1.165) is 54.6 Å². The quantitative estimate of drug-likeness (QED) is 0.464. The molecule has 172 valence electrons. The monoisotopic (exact) mass is 489 g/mol. The van der Waals surface area contributed by atoms with Gasteiger partial charge in [-0.25, -0.2) is 18.7 Å². The molecule has 7 nitrogen and oxygen atoms in total. The van der Waals surface area contributed by atoms with Crippen LogP contribution in [0.2, 0.25) is 0 Å². The molecule has 11 heteroatoms. The summed E-state index contributed by atoms with van der Waals surface area (Å²) in [6.07, 6.45) is 3.69. The van der Waals surface area contributed by atoms with Crippen molar-refractivity contribution < 1.29 is 13.9 Å². The molecule has 1 saturated heterocycles. The van der Waals surface area contributed by atoms with Crippen LogP contribution in [0.5, 0.6) is 5.75 Å². The fourth-order valence-corrected chi connectivity index (χ4v) is 5.72. The molecule has 4 aromatic rings. The predicted octanol–water partition coefficient (Wildman–Crippen LogP) is 3.20. The van der Waals surface area contributed by atoms with Gasteiger partial charge in [-0.05, 0) is 24.7 Å². The van der Waals surface area contributed by atoms with Crippen LogP contribution in [0.25, 0.3) is 15.7 Å². The first-order chi connectivity index (χ1) is 15.9. The summed E-state index contributed by atoms with van der Waals surface area (Å²) in [5.41, 5.74) is 0.200. The Morgan fingerprint density at radius 3 is 2.64 bits per heavy atom. The largest absolute Gasteiger partial charge is 0.501 e. The van der Waals surface area contributed by atoms with E-state index in [2.05, 4.69) is 26.8 Å². The van der Waals surface area contributed by atoms with Crippen LogP contribution < -0.4 is 5.56 Å². The number of hydrogen-bond acceptors (Lipinski definition) is 8. The Labute approximate surface area is 196 Å². The number of rotatable bonds is 5. The maximum Gasteiger partial charge on any atom is 0.301 e. The highest BCUT2D eigenvalue weighted by Crippen LogP contribution is 2.31. The Morgan fingerprint density at radius 2 is 1.88 bits per heavy atom. The SMILES string of the molecule is CN1CCN(Cc2cn3c(=O)c(O)c(-c4ncc(Cc5ccc(F)c(F)c5)s4)nc3s2)CC1. The molecule has 1 aromatic carbocycles. The molecule has 0 saturated carbocycles. The molecule has 4 heterocycles. The average Bonchev–Trinajstić information content (AvgIpc) is 3.42. The van der Waals surface area contributed by atoms with Crippen LogP contribution in [-0.2, 0) is 13.0 Å². The van der Waals surface area contributed by atoms with E-state index in [1.165, 1.54) is 33.1 Å². The van der Waals surface area contributed by atoms with E-state index in [-0.39, 0.29) is 5.69 Å². The van der Waals surface area contributed by atoms with Gasteiger partial charge in [0.2, 0.25) is 5.75 Å². The molecule has 1 fully saturated rings. The zero-order chi connectivity index (χ0) is 23.1. The van der Waals surface area contributed by atoms with Gasteiger partial charge in [0, 0.05) is 61.3 Å². The number of aromatic hydroxyl groups is 1. The van der Waals surface area contributed by atoms with E-state index in [0.29, 0.717) is 22.0 Å². The standard InChI is InChI=1S/C22H21F2N5O2S2/c1-27-4-6-28(7-5-27)11-15-12-29-21(31)19(30)18(26-22(29)33-15)20-25-10-14(32-20)8-13-2-3-16(23)17(24)9-13/h2-3,9-10,12,30H,4-8,11H2,1H3. The smallest absolute Gasteiger partial charge is 0.301 e. The second-order valence-electron chi connectivity index (χ2n) is 8.10. The number of halogens is 2. The van der Waals surface area contributed by atoms with Crippen molar-refractivity contribution in [2.24, 2.45) is 0 Å². The first-order valence-electron chi connectivity index (χ1n) is 10.4. The fourth-order valence-electron chi connectivity index (χ4n) is 3.78. The molecular formula is C22H21F2N5O2S2. The van der Waals surface area contributed by atoms with Crippen LogP contribution in [0.3, 0.4) is 0 Å². The van der Waals surface area contributed by atoms with Crippen molar-refractivity contribution in [3.05, 3.63) is 67.9 Å². The highest BCUT2D eigenvalue weighted by molar-refractivity contribution is 7.17. The van der Waals surface area contributed by atoms with Crippen molar-refractivity contribution in [2.75, 3.05) is 33.2 Å². The first-order valence-corrected chi connectivity index (χ1v) is 12.0. The molecule has 0 radical (unpaired) electrons. The molecule has 1 N–H and O–H groups in total. The van der Waals surface area contributed by atoms with Crippen LogP contribution in [0, 0.1) is 11.6 Å². The molecule has 0 aliphatic carbocycles. The second-order valence-corrected chi connectivity index (χ2v) is 10.3. The van der Waals surface area contributed by atoms with Crippen LogP contribution in [-0.4, -0.2) is 62.5 Å². The number of likely N-dealkylation sites (N-methyl/N-ethyl adjacent to an activating group) is 1. The topological polar surface area (TPSA) is 74.0 Å². The number of thiazole rings is 2. The van der Waals surface area contributed by atoms with Crippen LogP contribution >= 0.6 is 22.7 Å². The van der Waals surface area contributed by atoms with E-state index in [9.17, 15) is 18.7 Å². The van der Waals surface area contributed by atoms with Crippen LogP contribution in [0.1, 0.15) is 15.3 Å². The summed E-state index contributed by atoms with van der Waals surface area (Å²) in [5, 5.41) is 10.9. The number of fused-ring (bicyclic) bond motifs is 1. The summed E-state index contributed by atoms with van der Waals surface area (Å²) in [7, 11) is 2.10. The molecule has 0 atom stereocenters. The minimum absolute atomic E-state index is 0.134. The van der Waals surface area contributed by atoms with Crippen molar-refractivity contribution in [2.45, 2.75) is 13.0 Å². The van der Waals surface area contributed by atoms with Crippen molar-refractivity contribution in [1.82, 2.24) is 24.2 Å². The number of benzene rings is 1. The van der Waals surface area contributed by atoms with Crippen molar-refractivity contribution in [3.63, 3.8) is 0 Å². The number of aromatic nitrogens is 3. The van der Waals surface area contributed by atoms with Gasteiger partial charge < -0.3 is 10.0 Å². The Bertz CT molecular complexity index is 1380. The van der Waals surface area contributed by atoms with E-state index in [1.54, 1.807) is 12.4 Å². The molecule has 1 aliphatic rings. The normalized spacial score (nSPS) is 15.5. The van der Waals surface area contributed by atoms with E-state index >= 15 is 0 Å². The minimum atomic E-state index is -0.903. The van der Waals surface area contributed by atoms with Gasteiger partial charge in [-0.1, -0.05) is 17.4 Å². The summed E-state index contributed by atoms with van der Waals surface area (Å²) in [5.74, 6) is -2.25. The molecule has 5 rings (SSSR count). The lowest BCUT2D eigenvalue weighted by Crippen LogP contribution is -2.43. The third-order valence-electron chi connectivity index (χ3n) is 5.65. The van der Waals surface area contributed by atoms with E-state index in [4.69, 9.17) is 0 Å². The molecule has 33 heavy (non-hydrogen) atoms. The average molecular weight is 490 g/mol. The van der Waals surface area contributed by atoms with Gasteiger partial charge in [-0.15, -0.1) is 11.3 Å². The van der Waals surface area contributed by atoms with Crippen molar-refractivity contribution >= 4 is 27.6 Å². The molecule has 1 aliphatic heterocycles. The lowest BCUT2D eigenvalue weighted by Gasteiger charge is -2.31. The van der Waals surface area contributed by atoms with Crippen LogP contribution in [0.4, 0.5) is 8.78 Å². The lowest BCUT2D eigenvalue weighted by molar-refractivity contribution is 0.149. The summed E-state index contributed by atoms with van der Waals surface area (Å²) in [6.45, 7) is 4.66. The minimum Gasteiger partial charge on any atom is -0.501 e. The highest BCUT2D eigenvalue weighted by Gasteiger charge is 2.20. The van der Waals surface area contributed by atoms with Gasteiger partial charge in [0.25, 0.3) is 0 Å². The number of hydrogen-bond donors (Lipinski definition) is 1. The highest BCUT2D eigenvalue weighted by atomic mass is 32.1. The van der Waals surface area contributed by atoms with E-state index in [1.807, 2.05) is 0 Å². The molecule has 0 spiro atoms. The molecular weight excluding hydrogens is 468 g/mol. The van der Waals surface area contributed by atoms with E-state index < -0.39 is 22.9 Å². The summed E-state index contributed by atoms with van der Waals surface area (Å²) >= 11 is 2.67. The van der Waals surface area contributed by atoms with Crippen molar-refractivity contribution in [1.29, 1.82) is 0 Å². The maximum absolute atomic E-state index is 13.5. The van der Waals surface area contributed by atoms with Gasteiger partial charge in [-0.3, -0.25) is 14.1 Å². The maximum atomic E-state index is 13.5. The Kier molecular flexibility index (Phi) is 5.95. The summed E-state index contributed by atoms with van der Waals surface area (Å²) in [4.78, 5) is 28.5. The third kappa shape index (κ3) is 4.54. The molecule has 3 aromatic heterocycles. The van der Waals surface area contributed by atoms with Gasteiger partial charge >= 0.3 is 5.56 Å². The molecule has 0 bridgehead atoms. The summed E-state index contributed by atoms with van der Waals surface area (Å²) in [6, 6.07) is 3.75. The Hall–Kier alpha value is -2.73. The van der Waals surface area contributed by atoms with Gasteiger partial charge in [0.05, 0.1) is 0 Å². The zero-order valence-electron chi connectivity index (χ0n) is 17.8.